The Kier molecular flexibility index (Phi) is 4.57. The number of hydrogen-bond donors (Lipinski definition) is 1. The molecule has 6 heteroatoms. The van der Waals surface area contributed by atoms with E-state index < -0.39 is 0 Å². The number of aryl methyl sites for hydroxylation is 2. The first-order valence-electron chi connectivity index (χ1n) is 8.24. The van der Waals surface area contributed by atoms with Crippen molar-refractivity contribution in [1.29, 1.82) is 5.26 Å². The lowest BCUT2D eigenvalue weighted by Gasteiger charge is -2.34. The number of amides is 2. The lowest BCUT2D eigenvalue weighted by atomic mass is 10.1. The largest absolute Gasteiger partial charge is 0.362 e. The minimum atomic E-state index is -0.0992. The van der Waals surface area contributed by atoms with Gasteiger partial charge in [0.25, 0.3) is 11.8 Å². The normalized spacial score (nSPS) is 14.3. The molecule has 1 saturated heterocycles. The van der Waals surface area contributed by atoms with Gasteiger partial charge in [-0.15, -0.1) is 0 Å². The smallest absolute Gasteiger partial charge is 0.255 e. The minimum Gasteiger partial charge on any atom is -0.362 e. The van der Waals surface area contributed by atoms with E-state index in [1.807, 2.05) is 26.0 Å². The second-order valence-corrected chi connectivity index (χ2v) is 6.27. The van der Waals surface area contributed by atoms with Crippen molar-refractivity contribution in [3.63, 3.8) is 0 Å². The van der Waals surface area contributed by atoms with Gasteiger partial charge in [-0.3, -0.25) is 9.59 Å². The fourth-order valence-electron chi connectivity index (χ4n) is 3.13. The van der Waals surface area contributed by atoms with Crippen LogP contribution in [-0.2, 0) is 0 Å². The summed E-state index contributed by atoms with van der Waals surface area (Å²) in [5.41, 5.74) is 3.51. The monoisotopic (exact) mass is 336 g/mol. The molecule has 0 radical (unpaired) electrons. The number of carbonyl (C=O) groups excluding carboxylic acids is 2. The van der Waals surface area contributed by atoms with Gasteiger partial charge in [0.05, 0.1) is 17.2 Å². The number of aromatic nitrogens is 1. The maximum absolute atomic E-state index is 12.6. The van der Waals surface area contributed by atoms with E-state index in [9.17, 15) is 9.59 Å². The molecule has 1 aromatic heterocycles. The second-order valence-electron chi connectivity index (χ2n) is 6.27. The van der Waals surface area contributed by atoms with Crippen LogP contribution >= 0.6 is 0 Å². The third-order valence-corrected chi connectivity index (χ3v) is 4.47. The van der Waals surface area contributed by atoms with Crippen LogP contribution in [0.1, 0.15) is 37.7 Å². The van der Waals surface area contributed by atoms with Gasteiger partial charge < -0.3 is 14.8 Å². The van der Waals surface area contributed by atoms with E-state index in [4.69, 9.17) is 5.26 Å². The number of aromatic amines is 1. The maximum Gasteiger partial charge on any atom is 0.255 e. The van der Waals surface area contributed by atoms with Gasteiger partial charge in [0, 0.05) is 43.1 Å². The molecule has 2 amide bonds. The molecule has 6 nitrogen and oxygen atoms in total. The number of piperazine rings is 1. The predicted molar refractivity (Wildman–Crippen MR) is 93.2 cm³/mol. The van der Waals surface area contributed by atoms with E-state index >= 15 is 0 Å². The van der Waals surface area contributed by atoms with E-state index in [1.165, 1.54) is 0 Å². The highest BCUT2D eigenvalue weighted by Gasteiger charge is 2.26. The Hall–Kier alpha value is -3.07. The molecule has 128 valence electrons. The molecule has 1 N–H and O–H groups in total. The van der Waals surface area contributed by atoms with Crippen molar-refractivity contribution in [2.75, 3.05) is 26.2 Å². The Morgan fingerprint density at radius 3 is 2.24 bits per heavy atom. The molecule has 0 aliphatic carbocycles. The summed E-state index contributed by atoms with van der Waals surface area (Å²) in [6.45, 7) is 5.81. The molecule has 1 aliphatic heterocycles. The molecular weight excluding hydrogens is 316 g/mol. The van der Waals surface area contributed by atoms with Crippen LogP contribution < -0.4 is 0 Å². The van der Waals surface area contributed by atoms with Crippen molar-refractivity contribution >= 4 is 11.8 Å². The van der Waals surface area contributed by atoms with Crippen LogP contribution in [0.15, 0.2) is 30.3 Å². The Morgan fingerprint density at radius 1 is 1.04 bits per heavy atom. The quantitative estimate of drug-likeness (QED) is 0.912. The van der Waals surface area contributed by atoms with Gasteiger partial charge in [0.15, 0.2) is 0 Å². The number of hydrogen-bond acceptors (Lipinski definition) is 3. The summed E-state index contributed by atoms with van der Waals surface area (Å²) in [6.07, 6.45) is 0. The van der Waals surface area contributed by atoms with Crippen LogP contribution in [-0.4, -0.2) is 52.8 Å². The Bertz CT molecular complexity index is 855. The van der Waals surface area contributed by atoms with Crippen LogP contribution in [0.2, 0.25) is 0 Å². The Balaban J connectivity index is 1.65. The standard InChI is InChI=1S/C19H20N4O2/c1-13-10-17(14(2)21-13)19(25)23-8-6-22(7-9-23)18(24)16-5-3-4-15(11-16)12-20/h3-5,10-11,21H,6-9H2,1-2H3. The number of nitriles is 1. The van der Waals surface area contributed by atoms with Crippen molar-refractivity contribution in [2.45, 2.75) is 13.8 Å². The third-order valence-electron chi connectivity index (χ3n) is 4.47. The first-order valence-corrected chi connectivity index (χ1v) is 8.24. The van der Waals surface area contributed by atoms with Crippen molar-refractivity contribution in [1.82, 2.24) is 14.8 Å². The molecule has 0 bridgehead atoms. The SMILES string of the molecule is Cc1cc(C(=O)N2CCN(C(=O)c3cccc(C#N)c3)CC2)c(C)[nH]1. The van der Waals surface area contributed by atoms with Gasteiger partial charge in [-0.2, -0.15) is 5.26 Å². The van der Waals surface area contributed by atoms with Crippen molar-refractivity contribution in [3.05, 3.63) is 58.4 Å². The molecular formula is C19H20N4O2. The number of nitrogens with zero attached hydrogens (tertiary/aromatic N) is 3. The molecule has 1 fully saturated rings. The van der Waals surface area contributed by atoms with Crippen molar-refractivity contribution in [3.8, 4) is 6.07 Å². The van der Waals surface area contributed by atoms with Crippen molar-refractivity contribution in [2.24, 2.45) is 0 Å². The molecule has 2 aromatic rings. The first-order chi connectivity index (χ1) is 12.0. The second kappa shape index (κ2) is 6.81. The van der Waals surface area contributed by atoms with E-state index in [-0.39, 0.29) is 11.8 Å². The van der Waals surface area contributed by atoms with E-state index in [2.05, 4.69) is 4.98 Å². The zero-order valence-electron chi connectivity index (χ0n) is 14.4. The predicted octanol–water partition coefficient (Wildman–Crippen LogP) is 2.10. The molecule has 25 heavy (non-hydrogen) atoms. The average Bonchev–Trinajstić information content (AvgIpc) is 2.99. The van der Waals surface area contributed by atoms with Crippen LogP contribution in [0.5, 0.6) is 0 Å². The molecule has 0 atom stereocenters. The zero-order chi connectivity index (χ0) is 18.0. The van der Waals surface area contributed by atoms with Crippen LogP contribution in [0.25, 0.3) is 0 Å². The summed E-state index contributed by atoms with van der Waals surface area (Å²) in [5.74, 6) is -0.0988. The number of H-pyrrole nitrogens is 1. The van der Waals surface area contributed by atoms with Gasteiger partial charge in [-0.25, -0.2) is 0 Å². The topological polar surface area (TPSA) is 80.2 Å². The summed E-state index contributed by atoms with van der Waals surface area (Å²) < 4.78 is 0. The van der Waals surface area contributed by atoms with Crippen molar-refractivity contribution < 1.29 is 9.59 Å². The van der Waals surface area contributed by atoms with Gasteiger partial charge >= 0.3 is 0 Å². The minimum absolute atomic E-state index is 0.000395. The van der Waals surface area contributed by atoms with Gasteiger partial charge in [0.2, 0.25) is 0 Å². The summed E-state index contributed by atoms with van der Waals surface area (Å²) in [7, 11) is 0. The molecule has 0 saturated carbocycles. The number of carbonyl (C=O) groups is 2. The summed E-state index contributed by atoms with van der Waals surface area (Å²) in [6, 6.07) is 10.6. The molecule has 2 heterocycles. The molecule has 3 rings (SSSR count). The first kappa shape index (κ1) is 16.8. The van der Waals surface area contributed by atoms with Gasteiger partial charge in [-0.1, -0.05) is 6.07 Å². The third kappa shape index (κ3) is 3.41. The summed E-state index contributed by atoms with van der Waals surface area (Å²) in [4.78, 5) is 31.9. The van der Waals surface area contributed by atoms with Crippen LogP contribution in [0, 0.1) is 25.2 Å². The molecule has 0 spiro atoms. The number of nitrogens with one attached hydrogen (secondary N) is 1. The lowest BCUT2D eigenvalue weighted by molar-refractivity contribution is 0.0535. The zero-order valence-corrected chi connectivity index (χ0v) is 14.4. The van der Waals surface area contributed by atoms with E-state index in [0.29, 0.717) is 42.9 Å². The Labute approximate surface area is 146 Å². The number of rotatable bonds is 2. The lowest BCUT2D eigenvalue weighted by Crippen LogP contribution is -2.50. The highest BCUT2D eigenvalue weighted by molar-refractivity contribution is 5.97. The molecule has 0 unspecified atom stereocenters. The van der Waals surface area contributed by atoms with Crippen LogP contribution in [0.3, 0.4) is 0 Å². The highest BCUT2D eigenvalue weighted by Crippen LogP contribution is 2.16. The van der Waals surface area contributed by atoms with Gasteiger partial charge in [-0.05, 0) is 38.1 Å². The fourth-order valence-corrected chi connectivity index (χ4v) is 3.13. The molecule has 1 aliphatic rings. The highest BCUT2D eigenvalue weighted by atomic mass is 16.2. The maximum atomic E-state index is 12.6. The number of benzene rings is 1. The molecule has 1 aromatic carbocycles. The Morgan fingerprint density at radius 2 is 1.68 bits per heavy atom. The summed E-state index contributed by atoms with van der Waals surface area (Å²) in [5, 5.41) is 8.96. The van der Waals surface area contributed by atoms with Crippen LogP contribution in [0.4, 0.5) is 0 Å². The van der Waals surface area contributed by atoms with E-state index in [1.54, 1.807) is 34.1 Å². The average molecular weight is 336 g/mol. The summed E-state index contributed by atoms with van der Waals surface area (Å²) >= 11 is 0. The van der Waals surface area contributed by atoms with Gasteiger partial charge in [0.1, 0.15) is 0 Å². The van der Waals surface area contributed by atoms with E-state index in [0.717, 1.165) is 11.4 Å². The fraction of sp³-hybridized carbons (Fsp3) is 0.316.